The third kappa shape index (κ3) is 16.7. The number of hydrogen-bond acceptors (Lipinski definition) is 1. The summed E-state index contributed by atoms with van der Waals surface area (Å²) in [5, 5.41) is 8.48. The SMILES string of the molecule is CCCCCC=CCCC=C/C=C\CCCCC(=O)O. The predicted molar refractivity (Wildman–Crippen MR) is 86.9 cm³/mol. The van der Waals surface area contributed by atoms with Gasteiger partial charge in [-0.25, -0.2) is 0 Å². The molecule has 0 aliphatic carbocycles. The van der Waals surface area contributed by atoms with Crippen LogP contribution in [0.3, 0.4) is 0 Å². The Morgan fingerprint density at radius 3 is 2.05 bits per heavy atom. The van der Waals surface area contributed by atoms with Crippen LogP contribution in [0.4, 0.5) is 0 Å². The molecule has 0 bridgehead atoms. The number of rotatable bonds is 13. The molecule has 0 saturated heterocycles. The fraction of sp³-hybridized carbons (Fsp3) is 0.611. The van der Waals surface area contributed by atoms with E-state index in [0.717, 1.165) is 32.1 Å². The van der Waals surface area contributed by atoms with Gasteiger partial charge in [-0.2, -0.15) is 0 Å². The maximum absolute atomic E-state index is 10.3. The summed E-state index contributed by atoms with van der Waals surface area (Å²) >= 11 is 0. The Balaban J connectivity index is 3.32. The molecule has 0 aliphatic heterocycles. The van der Waals surface area contributed by atoms with Crippen molar-refractivity contribution >= 4 is 5.97 Å². The van der Waals surface area contributed by atoms with Gasteiger partial charge in [0, 0.05) is 6.42 Å². The number of carboxylic acid groups (broad SMARTS) is 1. The van der Waals surface area contributed by atoms with Crippen molar-refractivity contribution in [3.8, 4) is 0 Å². The smallest absolute Gasteiger partial charge is 0.303 e. The molecule has 0 aromatic heterocycles. The molecular weight excluding hydrogens is 248 g/mol. The standard InChI is InChI=1S/C18H30O2/c1-2-3-4-5-6-7-8-9-10-11-12-13-14-15-16-17-18(19)20/h6-7,10-13H,2-5,8-9,14-17H2,1H3,(H,19,20)/b7-6?,11-10?,13-12-. The van der Waals surface area contributed by atoms with Crippen molar-refractivity contribution in [1.82, 2.24) is 0 Å². The van der Waals surface area contributed by atoms with Gasteiger partial charge in [0.2, 0.25) is 0 Å². The van der Waals surface area contributed by atoms with Crippen molar-refractivity contribution in [3.05, 3.63) is 36.5 Å². The average Bonchev–Trinajstić information content (AvgIpc) is 2.43. The summed E-state index contributed by atoms with van der Waals surface area (Å²) in [5.74, 6) is -0.698. The van der Waals surface area contributed by atoms with E-state index in [9.17, 15) is 4.79 Å². The average molecular weight is 278 g/mol. The molecule has 0 spiro atoms. The van der Waals surface area contributed by atoms with Crippen LogP contribution in [0.25, 0.3) is 0 Å². The summed E-state index contributed by atoms with van der Waals surface area (Å²) in [6, 6.07) is 0. The molecule has 0 radical (unpaired) electrons. The van der Waals surface area contributed by atoms with Gasteiger partial charge in [-0.1, -0.05) is 56.2 Å². The van der Waals surface area contributed by atoms with E-state index in [-0.39, 0.29) is 6.42 Å². The first-order valence-electron chi connectivity index (χ1n) is 7.95. The number of allylic oxidation sites excluding steroid dienone is 6. The van der Waals surface area contributed by atoms with Gasteiger partial charge in [-0.3, -0.25) is 4.79 Å². The predicted octanol–water partition coefficient (Wildman–Crippen LogP) is 5.66. The second-order valence-electron chi connectivity index (χ2n) is 5.04. The number of unbranched alkanes of at least 4 members (excludes halogenated alkanes) is 6. The van der Waals surface area contributed by atoms with Crippen molar-refractivity contribution in [1.29, 1.82) is 0 Å². The molecule has 0 aliphatic rings. The Labute approximate surface area is 124 Å². The normalized spacial score (nSPS) is 12.1. The highest BCUT2D eigenvalue weighted by Crippen LogP contribution is 2.02. The topological polar surface area (TPSA) is 37.3 Å². The number of aliphatic carboxylic acids is 1. The zero-order valence-electron chi connectivity index (χ0n) is 12.9. The maximum Gasteiger partial charge on any atom is 0.303 e. The zero-order chi connectivity index (χ0) is 14.9. The molecule has 0 saturated carbocycles. The lowest BCUT2D eigenvalue weighted by atomic mass is 10.2. The van der Waals surface area contributed by atoms with E-state index in [1.165, 1.54) is 25.7 Å². The third-order valence-electron chi connectivity index (χ3n) is 3.04. The lowest BCUT2D eigenvalue weighted by molar-refractivity contribution is -0.137. The van der Waals surface area contributed by atoms with Crippen LogP contribution in [0.1, 0.15) is 71.1 Å². The highest BCUT2D eigenvalue weighted by atomic mass is 16.4. The first-order chi connectivity index (χ1) is 9.77. The van der Waals surface area contributed by atoms with Crippen LogP contribution in [-0.4, -0.2) is 11.1 Å². The molecule has 114 valence electrons. The molecular formula is C18H30O2. The van der Waals surface area contributed by atoms with Crippen LogP contribution in [0.5, 0.6) is 0 Å². The van der Waals surface area contributed by atoms with E-state index in [1.54, 1.807) is 0 Å². The third-order valence-corrected chi connectivity index (χ3v) is 3.04. The van der Waals surface area contributed by atoms with E-state index in [2.05, 4.69) is 43.4 Å². The fourth-order valence-electron chi connectivity index (χ4n) is 1.83. The van der Waals surface area contributed by atoms with Crippen LogP contribution >= 0.6 is 0 Å². The molecule has 1 N–H and O–H groups in total. The lowest BCUT2D eigenvalue weighted by Crippen LogP contribution is -1.92. The summed E-state index contributed by atoms with van der Waals surface area (Å²) < 4.78 is 0. The molecule has 0 rings (SSSR count). The van der Waals surface area contributed by atoms with Crippen LogP contribution < -0.4 is 0 Å². The van der Waals surface area contributed by atoms with Crippen LogP contribution in [-0.2, 0) is 4.79 Å². The minimum atomic E-state index is -0.698. The second-order valence-corrected chi connectivity index (χ2v) is 5.04. The monoisotopic (exact) mass is 278 g/mol. The Hall–Kier alpha value is -1.31. The maximum atomic E-state index is 10.3. The Morgan fingerprint density at radius 1 is 0.800 bits per heavy atom. The molecule has 0 amide bonds. The van der Waals surface area contributed by atoms with Crippen molar-refractivity contribution in [3.63, 3.8) is 0 Å². The molecule has 0 fully saturated rings. The lowest BCUT2D eigenvalue weighted by Gasteiger charge is -1.92. The molecule has 0 heterocycles. The van der Waals surface area contributed by atoms with Gasteiger partial charge in [-0.15, -0.1) is 0 Å². The summed E-state index contributed by atoms with van der Waals surface area (Å²) in [6.45, 7) is 2.23. The Kier molecular flexibility index (Phi) is 14.7. The van der Waals surface area contributed by atoms with Gasteiger partial charge in [0.1, 0.15) is 0 Å². The van der Waals surface area contributed by atoms with Gasteiger partial charge in [0.25, 0.3) is 0 Å². The van der Waals surface area contributed by atoms with E-state index >= 15 is 0 Å². The highest BCUT2D eigenvalue weighted by Gasteiger charge is 1.93. The first kappa shape index (κ1) is 18.7. The largest absolute Gasteiger partial charge is 0.481 e. The van der Waals surface area contributed by atoms with Crippen molar-refractivity contribution in [2.45, 2.75) is 71.1 Å². The summed E-state index contributed by atoms with van der Waals surface area (Å²) in [6.07, 6.45) is 23.4. The molecule has 0 aromatic rings. The van der Waals surface area contributed by atoms with E-state index in [4.69, 9.17) is 5.11 Å². The van der Waals surface area contributed by atoms with Crippen LogP contribution in [0.15, 0.2) is 36.5 Å². The van der Waals surface area contributed by atoms with Crippen LogP contribution in [0, 0.1) is 0 Å². The van der Waals surface area contributed by atoms with E-state index < -0.39 is 5.97 Å². The van der Waals surface area contributed by atoms with Crippen molar-refractivity contribution in [2.24, 2.45) is 0 Å². The number of hydrogen-bond donors (Lipinski definition) is 1. The van der Waals surface area contributed by atoms with Gasteiger partial charge in [0.05, 0.1) is 0 Å². The van der Waals surface area contributed by atoms with E-state index in [1.807, 2.05) is 0 Å². The van der Waals surface area contributed by atoms with Gasteiger partial charge in [0.15, 0.2) is 0 Å². The van der Waals surface area contributed by atoms with Crippen molar-refractivity contribution in [2.75, 3.05) is 0 Å². The molecule has 0 atom stereocenters. The zero-order valence-corrected chi connectivity index (χ0v) is 12.9. The first-order valence-corrected chi connectivity index (χ1v) is 7.95. The quantitative estimate of drug-likeness (QED) is 0.268. The molecule has 0 unspecified atom stereocenters. The van der Waals surface area contributed by atoms with Crippen molar-refractivity contribution < 1.29 is 9.90 Å². The molecule has 2 nitrogen and oxygen atoms in total. The number of carboxylic acids is 1. The summed E-state index contributed by atoms with van der Waals surface area (Å²) in [4.78, 5) is 10.3. The Bertz CT molecular complexity index is 301. The number of carbonyl (C=O) groups is 1. The van der Waals surface area contributed by atoms with Gasteiger partial charge >= 0.3 is 5.97 Å². The molecule has 20 heavy (non-hydrogen) atoms. The molecule has 2 heteroatoms. The minimum Gasteiger partial charge on any atom is -0.481 e. The van der Waals surface area contributed by atoms with Gasteiger partial charge in [-0.05, 0) is 44.9 Å². The Morgan fingerprint density at radius 2 is 1.35 bits per heavy atom. The molecule has 0 aromatic carbocycles. The van der Waals surface area contributed by atoms with E-state index in [0.29, 0.717) is 0 Å². The fourth-order valence-corrected chi connectivity index (χ4v) is 1.83. The van der Waals surface area contributed by atoms with Crippen LogP contribution in [0.2, 0.25) is 0 Å². The summed E-state index contributed by atoms with van der Waals surface area (Å²) in [5.41, 5.74) is 0. The summed E-state index contributed by atoms with van der Waals surface area (Å²) in [7, 11) is 0. The minimum absolute atomic E-state index is 0.286. The second kappa shape index (κ2) is 15.7. The highest BCUT2D eigenvalue weighted by molar-refractivity contribution is 5.66. The van der Waals surface area contributed by atoms with Gasteiger partial charge < -0.3 is 5.11 Å².